The minimum atomic E-state index is -1.33. The Morgan fingerprint density at radius 2 is 1.83 bits per heavy atom. The van der Waals surface area contributed by atoms with Crippen LogP contribution in [0.2, 0.25) is 0 Å². The molecule has 0 aliphatic heterocycles. The van der Waals surface area contributed by atoms with E-state index in [1.807, 2.05) is 30.3 Å². The third-order valence-electron chi connectivity index (χ3n) is 1.98. The molecule has 1 rings (SSSR count). The summed E-state index contributed by atoms with van der Waals surface area (Å²) in [6.07, 6.45) is -1.33. The molecule has 0 unspecified atom stereocenters. The molecule has 1 aromatic rings. The lowest BCUT2D eigenvalue weighted by Crippen LogP contribution is -2.14. The van der Waals surface area contributed by atoms with Gasteiger partial charge in [0, 0.05) is 12.8 Å². The second kappa shape index (κ2) is 9.00. The van der Waals surface area contributed by atoms with Crippen molar-refractivity contribution in [2.45, 2.75) is 12.8 Å². The molecule has 0 aliphatic rings. The van der Waals surface area contributed by atoms with Gasteiger partial charge in [0.1, 0.15) is 6.61 Å². The Balaban J connectivity index is 0.000000631. The molecule has 0 spiro atoms. The number of aliphatic hydroxyl groups excluding tert-OH is 1. The van der Waals surface area contributed by atoms with Gasteiger partial charge in [0.05, 0.1) is 6.61 Å². The number of esters is 1. The summed E-state index contributed by atoms with van der Waals surface area (Å²) in [5, 5.41) is 16.3. The van der Waals surface area contributed by atoms with Crippen molar-refractivity contribution in [1.82, 2.24) is 0 Å². The number of rotatable bonds is 4. The first kappa shape index (κ1) is 15.9. The number of carbonyl (C=O) groups excluding carboxylic acids is 1. The Morgan fingerprint density at radius 1 is 1.33 bits per heavy atom. The van der Waals surface area contributed by atoms with Gasteiger partial charge in [0.15, 0.2) is 0 Å². The molecule has 0 saturated heterocycles. The van der Waals surface area contributed by atoms with Crippen LogP contribution in [-0.2, 0) is 9.53 Å². The minimum Gasteiger partial charge on any atom is -0.465 e. The van der Waals surface area contributed by atoms with Crippen LogP contribution in [0.3, 0.4) is 0 Å². The highest BCUT2D eigenvalue weighted by Gasteiger charge is 2.11. The molecule has 18 heavy (non-hydrogen) atoms. The van der Waals surface area contributed by atoms with E-state index < -0.39 is 6.09 Å². The van der Waals surface area contributed by atoms with Crippen molar-refractivity contribution in [3.8, 4) is 0 Å². The first-order valence-electron chi connectivity index (χ1n) is 5.25. The molecule has 0 radical (unpaired) electrons. The molecule has 1 aromatic carbocycles. The van der Waals surface area contributed by atoms with Crippen molar-refractivity contribution in [3.63, 3.8) is 0 Å². The van der Waals surface area contributed by atoms with Gasteiger partial charge < -0.3 is 20.7 Å². The lowest BCUT2D eigenvalue weighted by molar-refractivity contribution is -0.141. The molecule has 100 valence electrons. The number of primary amides is 1. The van der Waals surface area contributed by atoms with Crippen LogP contribution in [0.15, 0.2) is 30.3 Å². The molecule has 0 heterocycles. The fourth-order valence-corrected chi connectivity index (χ4v) is 1.20. The van der Waals surface area contributed by atoms with Gasteiger partial charge in [-0.05, 0) is 5.56 Å². The zero-order chi connectivity index (χ0) is 14.0. The highest BCUT2D eigenvalue weighted by molar-refractivity contribution is 5.65. The summed E-state index contributed by atoms with van der Waals surface area (Å²) in [5.41, 5.74) is 5.01. The lowest BCUT2D eigenvalue weighted by Gasteiger charge is -2.13. The second-order valence-electron chi connectivity index (χ2n) is 3.43. The van der Waals surface area contributed by atoms with E-state index in [0.717, 1.165) is 5.56 Å². The maximum atomic E-state index is 10.6. The SMILES string of the molecule is CC(=O)OC[C@H](CO)c1ccccc1.NC(=O)O. The number of carbonyl (C=O) groups is 2. The number of carboxylic acid groups (broad SMARTS) is 1. The number of ether oxygens (including phenoxy) is 1. The van der Waals surface area contributed by atoms with E-state index in [4.69, 9.17) is 19.7 Å². The monoisotopic (exact) mass is 255 g/mol. The van der Waals surface area contributed by atoms with E-state index in [1.54, 1.807) is 0 Å². The van der Waals surface area contributed by atoms with Gasteiger partial charge in [-0.1, -0.05) is 30.3 Å². The molecule has 0 aromatic heterocycles. The van der Waals surface area contributed by atoms with E-state index >= 15 is 0 Å². The third-order valence-corrected chi connectivity index (χ3v) is 1.98. The van der Waals surface area contributed by atoms with Gasteiger partial charge in [-0.25, -0.2) is 4.79 Å². The number of aliphatic hydroxyl groups is 1. The number of nitrogens with two attached hydrogens (primary N) is 1. The van der Waals surface area contributed by atoms with Crippen LogP contribution in [0.4, 0.5) is 4.79 Å². The average Bonchev–Trinajstić information content (AvgIpc) is 2.30. The number of amides is 1. The van der Waals surface area contributed by atoms with Gasteiger partial charge >= 0.3 is 12.1 Å². The van der Waals surface area contributed by atoms with Crippen molar-refractivity contribution < 1.29 is 24.5 Å². The molecule has 0 aliphatic carbocycles. The predicted molar refractivity (Wildman–Crippen MR) is 65.1 cm³/mol. The van der Waals surface area contributed by atoms with Crippen molar-refractivity contribution in [1.29, 1.82) is 0 Å². The molecule has 0 fully saturated rings. The smallest absolute Gasteiger partial charge is 0.402 e. The van der Waals surface area contributed by atoms with Crippen LogP contribution in [0.1, 0.15) is 18.4 Å². The molecular weight excluding hydrogens is 238 g/mol. The Kier molecular flexibility index (Phi) is 7.96. The van der Waals surface area contributed by atoms with Gasteiger partial charge in [0.25, 0.3) is 0 Å². The van der Waals surface area contributed by atoms with Gasteiger partial charge in [-0.2, -0.15) is 0 Å². The van der Waals surface area contributed by atoms with E-state index in [1.165, 1.54) is 6.92 Å². The fourth-order valence-electron chi connectivity index (χ4n) is 1.20. The summed E-state index contributed by atoms with van der Waals surface area (Å²) in [7, 11) is 0. The van der Waals surface area contributed by atoms with Gasteiger partial charge in [-0.3, -0.25) is 4.79 Å². The Labute approximate surface area is 105 Å². The first-order chi connectivity index (χ1) is 8.47. The number of benzene rings is 1. The summed E-state index contributed by atoms with van der Waals surface area (Å²) in [6, 6.07) is 9.51. The summed E-state index contributed by atoms with van der Waals surface area (Å²) in [6.45, 7) is 1.58. The highest BCUT2D eigenvalue weighted by Crippen LogP contribution is 2.14. The normalized spacial score (nSPS) is 10.8. The zero-order valence-electron chi connectivity index (χ0n) is 10.1. The predicted octanol–water partition coefficient (Wildman–Crippen LogP) is 0.949. The summed E-state index contributed by atoms with van der Waals surface area (Å²) in [4.78, 5) is 19.4. The van der Waals surface area contributed by atoms with Crippen LogP contribution in [0.25, 0.3) is 0 Å². The Hall–Kier alpha value is -2.08. The highest BCUT2D eigenvalue weighted by atomic mass is 16.5. The van der Waals surface area contributed by atoms with E-state index in [9.17, 15) is 4.79 Å². The number of hydrogen-bond acceptors (Lipinski definition) is 4. The molecule has 0 saturated carbocycles. The molecule has 1 amide bonds. The number of hydrogen-bond donors (Lipinski definition) is 3. The average molecular weight is 255 g/mol. The maximum absolute atomic E-state index is 10.6. The van der Waals surface area contributed by atoms with Crippen LogP contribution in [-0.4, -0.2) is 35.5 Å². The molecule has 4 N–H and O–H groups in total. The summed E-state index contributed by atoms with van der Waals surface area (Å²) >= 11 is 0. The largest absolute Gasteiger partial charge is 0.465 e. The van der Waals surface area contributed by atoms with Crippen LogP contribution < -0.4 is 5.73 Å². The quantitative estimate of drug-likeness (QED) is 0.694. The third kappa shape index (κ3) is 8.12. The van der Waals surface area contributed by atoms with Crippen molar-refractivity contribution >= 4 is 12.1 Å². The van der Waals surface area contributed by atoms with Crippen molar-refractivity contribution in [3.05, 3.63) is 35.9 Å². The van der Waals surface area contributed by atoms with Crippen molar-refractivity contribution in [2.24, 2.45) is 5.73 Å². The van der Waals surface area contributed by atoms with Crippen LogP contribution >= 0.6 is 0 Å². The molecular formula is C12H17NO5. The first-order valence-corrected chi connectivity index (χ1v) is 5.25. The Bertz CT molecular complexity index is 362. The maximum Gasteiger partial charge on any atom is 0.402 e. The molecule has 6 heteroatoms. The lowest BCUT2D eigenvalue weighted by atomic mass is 10.0. The fraction of sp³-hybridized carbons (Fsp3) is 0.333. The second-order valence-corrected chi connectivity index (χ2v) is 3.43. The standard InChI is InChI=1S/C11H14O3.CH3NO2/c1-9(13)14-8-11(7-12)10-5-3-2-4-6-10;2-1(3)4/h2-6,11-12H,7-8H2,1H3;2H2,(H,3,4)/t11-;/m0./s1. The van der Waals surface area contributed by atoms with Gasteiger partial charge in [0.2, 0.25) is 0 Å². The van der Waals surface area contributed by atoms with Crippen LogP contribution in [0.5, 0.6) is 0 Å². The Morgan fingerprint density at radius 3 is 2.22 bits per heavy atom. The minimum absolute atomic E-state index is 0.0166. The van der Waals surface area contributed by atoms with Crippen molar-refractivity contribution in [2.75, 3.05) is 13.2 Å². The molecule has 0 bridgehead atoms. The molecule has 6 nitrogen and oxygen atoms in total. The summed E-state index contributed by atoms with van der Waals surface area (Å²) < 4.78 is 4.85. The zero-order valence-corrected chi connectivity index (χ0v) is 10.1. The van der Waals surface area contributed by atoms with Crippen LogP contribution in [0, 0.1) is 0 Å². The van der Waals surface area contributed by atoms with Gasteiger partial charge in [-0.15, -0.1) is 0 Å². The topological polar surface area (TPSA) is 110 Å². The summed E-state index contributed by atoms with van der Waals surface area (Å²) in [5.74, 6) is -0.445. The van der Waals surface area contributed by atoms with E-state index in [2.05, 4.69) is 5.73 Å². The van der Waals surface area contributed by atoms with E-state index in [0.29, 0.717) is 0 Å². The molecule has 1 atom stereocenters. The van der Waals surface area contributed by atoms with E-state index in [-0.39, 0.29) is 25.1 Å².